The van der Waals surface area contributed by atoms with Gasteiger partial charge in [0.05, 0.1) is 6.61 Å². The maximum absolute atomic E-state index is 6.64. The summed E-state index contributed by atoms with van der Waals surface area (Å²) in [5.74, 6) is 1.38. The van der Waals surface area contributed by atoms with Crippen molar-refractivity contribution in [2.75, 3.05) is 6.61 Å². The molecule has 0 heterocycles. The second-order valence-electron chi connectivity index (χ2n) is 6.63. The Balaban J connectivity index is 2.75. The lowest BCUT2D eigenvalue weighted by Crippen LogP contribution is -2.40. The van der Waals surface area contributed by atoms with Crippen LogP contribution in [0.3, 0.4) is 0 Å². The van der Waals surface area contributed by atoms with Gasteiger partial charge in [-0.25, -0.2) is 0 Å². The van der Waals surface area contributed by atoms with Crippen LogP contribution in [0.15, 0.2) is 24.3 Å². The van der Waals surface area contributed by atoms with Crippen molar-refractivity contribution < 1.29 is 9.16 Å². The van der Waals surface area contributed by atoms with Gasteiger partial charge >= 0.3 is 0 Å². The molecule has 0 fully saturated rings. The van der Waals surface area contributed by atoms with Gasteiger partial charge in [-0.05, 0) is 49.2 Å². The molecule has 2 atom stereocenters. The molecule has 0 aliphatic rings. The first-order valence-electron chi connectivity index (χ1n) is 9.42. The molecular weight excluding hydrogens is 300 g/mol. The van der Waals surface area contributed by atoms with Crippen molar-refractivity contribution in [3.05, 3.63) is 29.8 Å². The molecule has 1 rings (SSSR count). The van der Waals surface area contributed by atoms with Crippen molar-refractivity contribution >= 4 is 8.32 Å². The summed E-state index contributed by atoms with van der Waals surface area (Å²) < 4.78 is 12.5. The number of hydrogen-bond acceptors (Lipinski definition) is 2. The second-order valence-corrected chi connectivity index (χ2v) is 11.4. The zero-order valence-electron chi connectivity index (χ0n) is 16.0. The molecule has 0 bridgehead atoms. The Morgan fingerprint density at radius 1 is 1.00 bits per heavy atom. The lowest BCUT2D eigenvalue weighted by atomic mass is 9.96. The average molecular weight is 337 g/mol. The Labute approximate surface area is 144 Å². The van der Waals surface area contributed by atoms with Gasteiger partial charge in [0.25, 0.3) is 0 Å². The first-order chi connectivity index (χ1) is 11.0. The summed E-state index contributed by atoms with van der Waals surface area (Å²) in [6.45, 7) is 14.4. The lowest BCUT2D eigenvalue weighted by molar-refractivity contribution is 0.180. The van der Waals surface area contributed by atoms with Gasteiger partial charge in [0.15, 0.2) is 8.32 Å². The largest absolute Gasteiger partial charge is 0.494 e. The van der Waals surface area contributed by atoms with E-state index in [1.54, 1.807) is 0 Å². The third kappa shape index (κ3) is 5.96. The summed E-state index contributed by atoms with van der Waals surface area (Å²) in [6.07, 6.45) is 2.53. The summed E-state index contributed by atoms with van der Waals surface area (Å²) in [6, 6.07) is 12.2. The van der Waals surface area contributed by atoms with Crippen molar-refractivity contribution in [3.63, 3.8) is 0 Å². The van der Waals surface area contributed by atoms with Gasteiger partial charge in [0, 0.05) is 12.0 Å². The van der Waals surface area contributed by atoms with Crippen molar-refractivity contribution in [1.29, 1.82) is 0 Å². The topological polar surface area (TPSA) is 18.5 Å². The van der Waals surface area contributed by atoms with E-state index in [0.717, 1.165) is 18.8 Å². The van der Waals surface area contributed by atoms with Gasteiger partial charge in [-0.3, -0.25) is 0 Å². The molecule has 3 heteroatoms. The van der Waals surface area contributed by atoms with Gasteiger partial charge < -0.3 is 9.16 Å². The van der Waals surface area contributed by atoms with Crippen molar-refractivity contribution in [1.82, 2.24) is 0 Å². The highest BCUT2D eigenvalue weighted by Crippen LogP contribution is 2.30. The van der Waals surface area contributed by atoms with E-state index in [1.807, 2.05) is 0 Å². The van der Waals surface area contributed by atoms with Crippen LogP contribution < -0.4 is 4.74 Å². The molecule has 1 aromatic rings. The average Bonchev–Trinajstić information content (AvgIpc) is 2.59. The fourth-order valence-electron chi connectivity index (χ4n) is 2.99. The molecule has 0 N–H and O–H groups in total. The molecule has 1 aromatic carbocycles. The molecule has 0 saturated carbocycles. The van der Waals surface area contributed by atoms with Crippen molar-refractivity contribution in [2.45, 2.75) is 84.5 Å². The molecule has 0 aliphatic carbocycles. The van der Waals surface area contributed by atoms with Crippen LogP contribution in [0.1, 0.15) is 65.9 Å². The molecule has 0 aliphatic heterocycles. The zero-order chi connectivity index (χ0) is 17.3. The number of rotatable bonds is 11. The SMILES string of the molecule is CCCCOc1cccc([C@H](C)[C@H](C)O[Si](CC)(CC)CC)c1. The standard InChI is InChI=1S/C20H36O2Si/c1-7-11-15-21-20-14-12-13-19(16-20)17(5)18(6)22-23(8-2,9-3)10-4/h12-14,16-18H,7-11,15H2,1-6H3/t17-,18+/m1/s1. The minimum Gasteiger partial charge on any atom is -0.494 e. The van der Waals surface area contributed by atoms with Crippen LogP contribution in [-0.2, 0) is 4.43 Å². The Bertz CT molecular complexity index is 435. The summed E-state index contributed by atoms with van der Waals surface area (Å²) >= 11 is 0. The fraction of sp³-hybridized carbons (Fsp3) is 0.700. The van der Waals surface area contributed by atoms with Gasteiger partial charge in [-0.1, -0.05) is 53.2 Å². The quantitative estimate of drug-likeness (QED) is 0.345. The predicted octanol–water partition coefficient (Wildman–Crippen LogP) is 6.38. The maximum atomic E-state index is 6.64. The van der Waals surface area contributed by atoms with E-state index in [0.29, 0.717) is 5.92 Å². The molecule has 0 saturated heterocycles. The van der Waals surface area contributed by atoms with Crippen LogP contribution in [0.25, 0.3) is 0 Å². The van der Waals surface area contributed by atoms with Crippen molar-refractivity contribution in [3.8, 4) is 5.75 Å². The molecule has 23 heavy (non-hydrogen) atoms. The van der Waals surface area contributed by atoms with Crippen LogP contribution in [0, 0.1) is 0 Å². The number of hydrogen-bond donors (Lipinski definition) is 0. The zero-order valence-corrected chi connectivity index (χ0v) is 17.0. The molecule has 0 radical (unpaired) electrons. The molecule has 0 unspecified atom stereocenters. The molecule has 0 aromatic heterocycles. The summed E-state index contributed by atoms with van der Waals surface area (Å²) in [7, 11) is -1.55. The maximum Gasteiger partial charge on any atom is 0.192 e. The monoisotopic (exact) mass is 336 g/mol. The van der Waals surface area contributed by atoms with E-state index in [2.05, 4.69) is 65.8 Å². The summed E-state index contributed by atoms with van der Waals surface area (Å²) in [5.41, 5.74) is 1.32. The second kappa shape index (κ2) is 10.1. The predicted molar refractivity (Wildman–Crippen MR) is 103 cm³/mol. The van der Waals surface area contributed by atoms with Gasteiger partial charge in [0.1, 0.15) is 5.75 Å². The molecule has 0 spiro atoms. The van der Waals surface area contributed by atoms with Crippen LogP contribution in [0.5, 0.6) is 5.75 Å². The fourth-order valence-corrected chi connectivity index (χ4v) is 5.98. The van der Waals surface area contributed by atoms with E-state index < -0.39 is 8.32 Å². The van der Waals surface area contributed by atoms with Crippen LogP contribution in [0.4, 0.5) is 0 Å². The number of unbranched alkanes of at least 4 members (excludes halogenated alkanes) is 1. The minimum atomic E-state index is -1.55. The first kappa shape index (κ1) is 20.2. The highest BCUT2D eigenvalue weighted by molar-refractivity contribution is 6.73. The third-order valence-corrected chi connectivity index (χ3v) is 9.96. The third-order valence-electron chi connectivity index (χ3n) is 5.22. The van der Waals surface area contributed by atoms with Crippen LogP contribution in [0.2, 0.25) is 18.1 Å². The highest BCUT2D eigenvalue weighted by Gasteiger charge is 2.32. The summed E-state index contributed by atoms with van der Waals surface area (Å²) in [5, 5.41) is 0. The summed E-state index contributed by atoms with van der Waals surface area (Å²) in [4.78, 5) is 0. The van der Waals surface area contributed by atoms with E-state index in [-0.39, 0.29) is 6.10 Å². The van der Waals surface area contributed by atoms with Gasteiger partial charge in [-0.15, -0.1) is 0 Å². The van der Waals surface area contributed by atoms with E-state index in [4.69, 9.17) is 9.16 Å². The Kier molecular flexibility index (Phi) is 8.93. The molecular formula is C20H36O2Si. The minimum absolute atomic E-state index is 0.257. The molecule has 0 amide bonds. The smallest absolute Gasteiger partial charge is 0.192 e. The normalized spacial score (nSPS) is 14.5. The van der Waals surface area contributed by atoms with E-state index >= 15 is 0 Å². The first-order valence-corrected chi connectivity index (χ1v) is 11.9. The Hall–Kier alpha value is -0.803. The Morgan fingerprint density at radius 2 is 1.65 bits per heavy atom. The Morgan fingerprint density at radius 3 is 2.22 bits per heavy atom. The molecule has 132 valence electrons. The van der Waals surface area contributed by atoms with Gasteiger partial charge in [0.2, 0.25) is 0 Å². The van der Waals surface area contributed by atoms with Gasteiger partial charge in [-0.2, -0.15) is 0 Å². The van der Waals surface area contributed by atoms with E-state index in [9.17, 15) is 0 Å². The van der Waals surface area contributed by atoms with E-state index in [1.165, 1.54) is 30.1 Å². The van der Waals surface area contributed by atoms with Crippen molar-refractivity contribution in [2.24, 2.45) is 0 Å². The van der Waals surface area contributed by atoms with Crippen LogP contribution in [-0.4, -0.2) is 21.0 Å². The lowest BCUT2D eigenvalue weighted by Gasteiger charge is -2.34. The molecule has 2 nitrogen and oxygen atoms in total. The van der Waals surface area contributed by atoms with Crippen LogP contribution >= 0.6 is 0 Å². The highest BCUT2D eigenvalue weighted by atomic mass is 28.4. The number of ether oxygens (including phenoxy) is 1. The number of benzene rings is 1.